The molecule has 0 aromatic heterocycles. The first-order chi connectivity index (χ1) is 8.83. The summed E-state index contributed by atoms with van der Waals surface area (Å²) in [4.78, 5) is 0. The van der Waals surface area contributed by atoms with Gasteiger partial charge in [0, 0.05) is 24.0 Å². The number of para-hydroxylation sites is 1. The number of rotatable bonds is 5. The zero-order valence-corrected chi connectivity index (χ0v) is 10.3. The Bertz CT molecular complexity index is 520. The second-order valence-corrected chi connectivity index (χ2v) is 3.93. The quantitative estimate of drug-likeness (QED) is 0.787. The molecule has 0 aliphatic heterocycles. The average molecular weight is 240 g/mol. The minimum atomic E-state index is 0.731. The zero-order chi connectivity index (χ0) is 12.8. The second kappa shape index (κ2) is 5.87. The Hall–Kier alpha value is -2.29. The fourth-order valence-electron chi connectivity index (χ4n) is 1.72. The summed E-state index contributed by atoms with van der Waals surface area (Å²) in [7, 11) is 1.66. The van der Waals surface area contributed by atoms with E-state index in [1.807, 2.05) is 48.5 Å². The van der Waals surface area contributed by atoms with E-state index in [1.165, 1.54) is 11.8 Å². The summed E-state index contributed by atoms with van der Waals surface area (Å²) >= 11 is 0. The van der Waals surface area contributed by atoms with Crippen molar-refractivity contribution in [2.24, 2.45) is 0 Å². The molecule has 0 saturated heterocycles. The van der Waals surface area contributed by atoms with Gasteiger partial charge in [0.05, 0.1) is 7.11 Å². The molecule has 0 radical (unpaired) electrons. The van der Waals surface area contributed by atoms with Gasteiger partial charge in [0.15, 0.2) is 0 Å². The van der Waals surface area contributed by atoms with E-state index in [0.29, 0.717) is 0 Å². The van der Waals surface area contributed by atoms with Crippen LogP contribution in [0.1, 0.15) is 11.1 Å². The van der Waals surface area contributed by atoms with Gasteiger partial charge in [0.2, 0.25) is 0 Å². The molecule has 2 aromatic rings. The Kier molecular flexibility index (Phi) is 3.97. The number of anilines is 1. The van der Waals surface area contributed by atoms with Crippen LogP contribution >= 0.6 is 0 Å². The van der Waals surface area contributed by atoms with Gasteiger partial charge in [-0.2, -0.15) is 0 Å². The van der Waals surface area contributed by atoms with Gasteiger partial charge in [-0.3, -0.25) is 0 Å². The SMILES string of the molecule is COc1ccc(CNc2ccccc2C=N)cc1. The number of hydrogen-bond acceptors (Lipinski definition) is 3. The summed E-state index contributed by atoms with van der Waals surface area (Å²) in [5, 5.41) is 10.7. The van der Waals surface area contributed by atoms with Gasteiger partial charge in [0.25, 0.3) is 0 Å². The smallest absolute Gasteiger partial charge is 0.118 e. The molecule has 3 nitrogen and oxygen atoms in total. The van der Waals surface area contributed by atoms with Crippen LogP contribution in [0.4, 0.5) is 5.69 Å². The van der Waals surface area contributed by atoms with Gasteiger partial charge >= 0.3 is 0 Å². The number of hydrogen-bond donors (Lipinski definition) is 2. The predicted molar refractivity (Wildman–Crippen MR) is 74.6 cm³/mol. The van der Waals surface area contributed by atoms with E-state index in [1.54, 1.807) is 7.11 Å². The van der Waals surface area contributed by atoms with Crippen molar-refractivity contribution in [3.63, 3.8) is 0 Å². The summed E-state index contributed by atoms with van der Waals surface area (Å²) in [6, 6.07) is 15.7. The fourth-order valence-corrected chi connectivity index (χ4v) is 1.72. The Morgan fingerprint density at radius 3 is 2.50 bits per heavy atom. The molecule has 0 aliphatic carbocycles. The highest BCUT2D eigenvalue weighted by molar-refractivity contribution is 5.85. The molecule has 18 heavy (non-hydrogen) atoms. The lowest BCUT2D eigenvalue weighted by Gasteiger charge is -2.09. The van der Waals surface area contributed by atoms with E-state index >= 15 is 0 Å². The molecule has 0 spiro atoms. The maximum atomic E-state index is 7.34. The Morgan fingerprint density at radius 1 is 1.11 bits per heavy atom. The van der Waals surface area contributed by atoms with Crippen molar-refractivity contribution in [1.29, 1.82) is 5.41 Å². The van der Waals surface area contributed by atoms with Crippen LogP contribution in [0.15, 0.2) is 48.5 Å². The molecule has 0 unspecified atom stereocenters. The molecule has 0 saturated carbocycles. The van der Waals surface area contributed by atoms with Gasteiger partial charge in [0.1, 0.15) is 5.75 Å². The van der Waals surface area contributed by atoms with Gasteiger partial charge in [-0.05, 0) is 23.8 Å². The summed E-state index contributed by atoms with van der Waals surface area (Å²) in [5.74, 6) is 0.860. The lowest BCUT2D eigenvalue weighted by Crippen LogP contribution is -2.01. The fraction of sp³-hybridized carbons (Fsp3) is 0.133. The molecule has 2 rings (SSSR count). The minimum absolute atomic E-state index is 0.731. The highest BCUT2D eigenvalue weighted by atomic mass is 16.5. The van der Waals surface area contributed by atoms with Crippen molar-refractivity contribution < 1.29 is 4.74 Å². The second-order valence-electron chi connectivity index (χ2n) is 3.93. The number of nitrogens with one attached hydrogen (secondary N) is 2. The van der Waals surface area contributed by atoms with Crippen molar-refractivity contribution >= 4 is 11.9 Å². The van der Waals surface area contributed by atoms with Crippen molar-refractivity contribution in [1.82, 2.24) is 0 Å². The van der Waals surface area contributed by atoms with Crippen LogP contribution in [-0.2, 0) is 6.54 Å². The van der Waals surface area contributed by atoms with Crippen LogP contribution in [0.2, 0.25) is 0 Å². The van der Waals surface area contributed by atoms with Crippen LogP contribution in [0.3, 0.4) is 0 Å². The Morgan fingerprint density at radius 2 is 1.83 bits per heavy atom. The lowest BCUT2D eigenvalue weighted by atomic mass is 10.1. The lowest BCUT2D eigenvalue weighted by molar-refractivity contribution is 0.414. The molecule has 0 amide bonds. The summed E-state index contributed by atoms with van der Waals surface area (Å²) in [5.41, 5.74) is 3.05. The first-order valence-corrected chi connectivity index (χ1v) is 5.80. The first-order valence-electron chi connectivity index (χ1n) is 5.80. The third-order valence-corrected chi connectivity index (χ3v) is 2.76. The van der Waals surface area contributed by atoms with E-state index in [-0.39, 0.29) is 0 Å². The van der Waals surface area contributed by atoms with E-state index in [2.05, 4.69) is 5.32 Å². The predicted octanol–water partition coefficient (Wildman–Crippen LogP) is 3.30. The third kappa shape index (κ3) is 2.88. The monoisotopic (exact) mass is 240 g/mol. The van der Waals surface area contributed by atoms with Crippen LogP contribution in [0, 0.1) is 5.41 Å². The standard InChI is InChI=1S/C15H16N2O/c1-18-14-8-6-12(7-9-14)11-17-15-5-3-2-4-13(15)10-16/h2-10,16-17H,11H2,1H3. The minimum Gasteiger partial charge on any atom is -0.497 e. The van der Waals surface area contributed by atoms with Crippen LogP contribution in [0.5, 0.6) is 5.75 Å². The highest BCUT2D eigenvalue weighted by Gasteiger charge is 1.99. The van der Waals surface area contributed by atoms with Crippen LogP contribution in [-0.4, -0.2) is 13.3 Å². The molecular weight excluding hydrogens is 224 g/mol. The summed E-state index contributed by atoms with van der Waals surface area (Å²) < 4.78 is 5.12. The van der Waals surface area contributed by atoms with Crippen LogP contribution < -0.4 is 10.1 Å². The summed E-state index contributed by atoms with van der Waals surface area (Å²) in [6.45, 7) is 0.731. The van der Waals surface area contributed by atoms with E-state index in [9.17, 15) is 0 Å². The normalized spacial score (nSPS) is 9.83. The maximum absolute atomic E-state index is 7.34. The van der Waals surface area contributed by atoms with Gasteiger partial charge < -0.3 is 15.5 Å². The van der Waals surface area contributed by atoms with Gasteiger partial charge in [-0.15, -0.1) is 0 Å². The molecule has 0 aliphatic rings. The van der Waals surface area contributed by atoms with Gasteiger partial charge in [-0.1, -0.05) is 30.3 Å². The third-order valence-electron chi connectivity index (χ3n) is 2.76. The van der Waals surface area contributed by atoms with Crippen molar-refractivity contribution in [3.8, 4) is 5.75 Å². The van der Waals surface area contributed by atoms with Crippen LogP contribution in [0.25, 0.3) is 0 Å². The molecule has 0 heterocycles. The number of ether oxygens (including phenoxy) is 1. The number of benzene rings is 2. The van der Waals surface area contributed by atoms with E-state index < -0.39 is 0 Å². The Labute approximate surface area is 107 Å². The average Bonchev–Trinajstić information content (AvgIpc) is 2.46. The molecule has 92 valence electrons. The zero-order valence-electron chi connectivity index (χ0n) is 10.3. The molecule has 2 aromatic carbocycles. The summed E-state index contributed by atoms with van der Waals surface area (Å²) in [6.07, 6.45) is 1.36. The first kappa shape index (κ1) is 12.2. The topological polar surface area (TPSA) is 45.1 Å². The largest absolute Gasteiger partial charge is 0.497 e. The van der Waals surface area contributed by atoms with Crippen molar-refractivity contribution in [2.45, 2.75) is 6.54 Å². The molecule has 0 fully saturated rings. The molecule has 0 bridgehead atoms. The van der Waals surface area contributed by atoms with Gasteiger partial charge in [-0.25, -0.2) is 0 Å². The van der Waals surface area contributed by atoms with Crippen molar-refractivity contribution in [2.75, 3.05) is 12.4 Å². The number of methoxy groups -OCH3 is 1. The molecule has 0 atom stereocenters. The molecule has 2 N–H and O–H groups in total. The Balaban J connectivity index is 2.04. The van der Waals surface area contributed by atoms with E-state index in [0.717, 1.165) is 23.5 Å². The van der Waals surface area contributed by atoms with E-state index in [4.69, 9.17) is 10.1 Å². The maximum Gasteiger partial charge on any atom is 0.118 e. The highest BCUT2D eigenvalue weighted by Crippen LogP contribution is 2.16. The molecule has 3 heteroatoms. The molecular formula is C15H16N2O. The van der Waals surface area contributed by atoms with Crippen molar-refractivity contribution in [3.05, 3.63) is 59.7 Å².